The van der Waals surface area contributed by atoms with Crippen molar-refractivity contribution in [3.05, 3.63) is 6.07 Å². The van der Waals surface area contributed by atoms with Gasteiger partial charge in [0.05, 0.1) is 0 Å². The van der Waals surface area contributed by atoms with Gasteiger partial charge < -0.3 is 16.0 Å². The van der Waals surface area contributed by atoms with Gasteiger partial charge in [0.1, 0.15) is 18.2 Å². The monoisotopic (exact) mass is 291 g/mol. The minimum atomic E-state index is -4.30. The Labute approximate surface area is 116 Å². The van der Waals surface area contributed by atoms with Crippen molar-refractivity contribution >= 4 is 17.6 Å². The summed E-state index contributed by atoms with van der Waals surface area (Å²) in [6.07, 6.45) is -3.43. The highest BCUT2D eigenvalue weighted by Gasteiger charge is 2.32. The average Bonchev–Trinajstić information content (AvgIpc) is 2.31. The number of halogens is 3. The van der Waals surface area contributed by atoms with E-state index in [4.69, 9.17) is 5.73 Å². The molecule has 0 radical (unpaired) electrons. The zero-order valence-electron chi connectivity index (χ0n) is 11.8. The second-order valence-electron chi connectivity index (χ2n) is 4.73. The predicted octanol–water partition coefficient (Wildman–Crippen LogP) is 2.66. The maximum atomic E-state index is 12.6. The quantitative estimate of drug-likeness (QED) is 0.843. The Hall–Kier alpha value is -1.73. The molecule has 0 bridgehead atoms. The molecule has 0 atom stereocenters. The highest BCUT2D eigenvalue weighted by atomic mass is 19.4. The highest BCUT2D eigenvalue weighted by Crippen LogP contribution is 2.24. The first-order chi connectivity index (χ1) is 9.23. The van der Waals surface area contributed by atoms with E-state index in [-0.39, 0.29) is 17.8 Å². The Morgan fingerprint density at radius 2 is 2.00 bits per heavy atom. The van der Waals surface area contributed by atoms with Crippen molar-refractivity contribution in [1.82, 2.24) is 9.97 Å². The van der Waals surface area contributed by atoms with Crippen LogP contribution in [0.15, 0.2) is 6.07 Å². The summed E-state index contributed by atoms with van der Waals surface area (Å²) in [5.74, 6) is 0.555. The Balaban J connectivity index is 3.03. The molecular weight excluding hydrogens is 271 g/mol. The third-order valence-electron chi connectivity index (χ3n) is 2.55. The lowest BCUT2D eigenvalue weighted by molar-refractivity contribution is -0.120. The molecule has 0 aliphatic heterocycles. The Morgan fingerprint density at radius 1 is 1.35 bits per heavy atom. The van der Waals surface area contributed by atoms with Crippen molar-refractivity contribution in [2.75, 3.05) is 29.0 Å². The van der Waals surface area contributed by atoms with E-state index in [9.17, 15) is 13.2 Å². The summed E-state index contributed by atoms with van der Waals surface area (Å²) in [5.41, 5.74) is 5.56. The minimum Gasteiger partial charge on any atom is -0.370 e. The molecule has 3 N–H and O–H groups in total. The number of nitrogens with one attached hydrogen (secondary N) is 1. The van der Waals surface area contributed by atoms with Crippen LogP contribution in [-0.4, -0.2) is 35.3 Å². The van der Waals surface area contributed by atoms with Crippen molar-refractivity contribution in [3.8, 4) is 0 Å². The van der Waals surface area contributed by atoms with Gasteiger partial charge in [0.2, 0.25) is 5.95 Å². The first kappa shape index (κ1) is 16.3. The van der Waals surface area contributed by atoms with Crippen LogP contribution in [0.2, 0.25) is 0 Å². The maximum Gasteiger partial charge on any atom is 0.405 e. The third-order valence-corrected chi connectivity index (χ3v) is 2.55. The van der Waals surface area contributed by atoms with Crippen LogP contribution >= 0.6 is 0 Å². The second kappa shape index (κ2) is 6.62. The molecule has 0 aliphatic rings. The number of hydrogen-bond donors (Lipinski definition) is 2. The molecule has 0 spiro atoms. The summed E-state index contributed by atoms with van der Waals surface area (Å²) in [5, 5.41) is 2.99. The molecule has 1 aromatic heterocycles. The zero-order valence-corrected chi connectivity index (χ0v) is 11.8. The Morgan fingerprint density at radius 3 is 2.50 bits per heavy atom. The molecule has 1 aromatic rings. The molecule has 0 aliphatic carbocycles. The summed E-state index contributed by atoms with van der Waals surface area (Å²) in [6, 6.07) is 1.13. The van der Waals surface area contributed by atoms with E-state index < -0.39 is 12.7 Å². The van der Waals surface area contributed by atoms with Crippen LogP contribution in [0, 0.1) is 0 Å². The normalized spacial score (nSPS) is 11.8. The molecule has 114 valence electrons. The van der Waals surface area contributed by atoms with E-state index >= 15 is 0 Å². The lowest BCUT2D eigenvalue weighted by Crippen LogP contribution is -2.39. The smallest absolute Gasteiger partial charge is 0.370 e. The maximum absolute atomic E-state index is 12.6. The Bertz CT molecular complexity index is 434. The van der Waals surface area contributed by atoms with E-state index in [2.05, 4.69) is 15.3 Å². The first-order valence-corrected chi connectivity index (χ1v) is 6.44. The topological polar surface area (TPSA) is 67.1 Å². The zero-order chi connectivity index (χ0) is 15.3. The van der Waals surface area contributed by atoms with E-state index in [1.54, 1.807) is 13.8 Å². The standard InChI is InChI=1S/C12H20F3N5/c1-4-5-17-9-6-10(19-11(16)18-9)20(8(2)3)7-12(13,14)15/h6,8H,4-5,7H2,1-3H3,(H3,16,17,18,19). The van der Waals surface area contributed by atoms with E-state index in [1.165, 1.54) is 6.07 Å². The third kappa shape index (κ3) is 5.10. The molecule has 1 rings (SSSR count). The van der Waals surface area contributed by atoms with E-state index in [0.717, 1.165) is 11.3 Å². The van der Waals surface area contributed by atoms with Crippen LogP contribution in [-0.2, 0) is 0 Å². The number of nitrogens with two attached hydrogens (primary N) is 1. The fourth-order valence-corrected chi connectivity index (χ4v) is 1.66. The average molecular weight is 291 g/mol. The van der Waals surface area contributed by atoms with Crippen molar-refractivity contribution in [2.45, 2.75) is 39.4 Å². The van der Waals surface area contributed by atoms with Crippen LogP contribution in [0.25, 0.3) is 0 Å². The van der Waals surface area contributed by atoms with Crippen LogP contribution in [0.5, 0.6) is 0 Å². The summed E-state index contributed by atoms with van der Waals surface area (Å²) >= 11 is 0. The van der Waals surface area contributed by atoms with Crippen LogP contribution in [0.3, 0.4) is 0 Å². The number of hydrogen-bond acceptors (Lipinski definition) is 5. The number of nitrogen functional groups attached to an aromatic ring is 1. The minimum absolute atomic E-state index is 0.0473. The highest BCUT2D eigenvalue weighted by molar-refractivity contribution is 5.53. The summed E-state index contributed by atoms with van der Waals surface area (Å²) in [7, 11) is 0. The van der Waals surface area contributed by atoms with Crippen molar-refractivity contribution in [2.24, 2.45) is 0 Å². The molecule has 8 heteroatoms. The molecule has 0 saturated heterocycles. The number of aromatic nitrogens is 2. The van der Waals surface area contributed by atoms with Gasteiger partial charge >= 0.3 is 6.18 Å². The lowest BCUT2D eigenvalue weighted by Gasteiger charge is -2.29. The lowest BCUT2D eigenvalue weighted by atomic mass is 10.3. The van der Waals surface area contributed by atoms with Gasteiger partial charge in [-0.1, -0.05) is 6.92 Å². The van der Waals surface area contributed by atoms with Gasteiger partial charge in [-0.3, -0.25) is 0 Å². The summed E-state index contributed by atoms with van der Waals surface area (Å²) in [6.45, 7) is 4.90. The van der Waals surface area contributed by atoms with Crippen LogP contribution in [0.4, 0.5) is 30.8 Å². The largest absolute Gasteiger partial charge is 0.405 e. The molecule has 0 amide bonds. The van der Waals surface area contributed by atoms with Gasteiger partial charge in [-0.15, -0.1) is 0 Å². The van der Waals surface area contributed by atoms with Gasteiger partial charge in [0.25, 0.3) is 0 Å². The summed E-state index contributed by atoms with van der Waals surface area (Å²) in [4.78, 5) is 9.01. The van der Waals surface area contributed by atoms with Gasteiger partial charge in [-0.05, 0) is 20.3 Å². The molecular formula is C12H20F3N5. The number of rotatable bonds is 6. The van der Waals surface area contributed by atoms with Gasteiger partial charge in [-0.2, -0.15) is 23.1 Å². The molecule has 20 heavy (non-hydrogen) atoms. The molecule has 0 fully saturated rings. The molecule has 5 nitrogen and oxygen atoms in total. The summed E-state index contributed by atoms with van der Waals surface area (Å²) < 4.78 is 37.9. The molecule has 1 heterocycles. The van der Waals surface area contributed by atoms with Crippen LogP contribution < -0.4 is 16.0 Å². The molecule has 0 aromatic carbocycles. The Kier molecular flexibility index (Phi) is 5.41. The first-order valence-electron chi connectivity index (χ1n) is 6.44. The number of anilines is 3. The van der Waals surface area contributed by atoms with Gasteiger partial charge in [-0.25, -0.2) is 0 Å². The van der Waals surface area contributed by atoms with Crippen molar-refractivity contribution in [1.29, 1.82) is 0 Å². The number of nitrogens with zero attached hydrogens (tertiary/aromatic N) is 3. The molecule has 0 unspecified atom stereocenters. The van der Waals surface area contributed by atoms with E-state index in [0.29, 0.717) is 12.4 Å². The van der Waals surface area contributed by atoms with Crippen LogP contribution in [0.1, 0.15) is 27.2 Å². The SMILES string of the molecule is CCCNc1cc(N(CC(F)(F)F)C(C)C)nc(N)n1. The van der Waals surface area contributed by atoms with Gasteiger partial charge in [0, 0.05) is 18.7 Å². The van der Waals surface area contributed by atoms with E-state index in [1.807, 2.05) is 6.92 Å². The fourth-order valence-electron chi connectivity index (χ4n) is 1.66. The molecule has 0 saturated carbocycles. The predicted molar refractivity (Wildman–Crippen MR) is 73.8 cm³/mol. The van der Waals surface area contributed by atoms with Gasteiger partial charge in [0.15, 0.2) is 0 Å². The fraction of sp³-hybridized carbons (Fsp3) is 0.667. The van der Waals surface area contributed by atoms with Crippen molar-refractivity contribution < 1.29 is 13.2 Å². The number of alkyl halides is 3. The second-order valence-corrected chi connectivity index (χ2v) is 4.73. The van der Waals surface area contributed by atoms with Crippen molar-refractivity contribution in [3.63, 3.8) is 0 Å².